The van der Waals surface area contributed by atoms with Crippen LogP contribution in [0.2, 0.25) is 5.02 Å². The summed E-state index contributed by atoms with van der Waals surface area (Å²) in [5.74, 6) is 0.346. The fourth-order valence-electron chi connectivity index (χ4n) is 1.32. The molecule has 0 aliphatic carbocycles. The lowest BCUT2D eigenvalue weighted by Gasteiger charge is -2.00. The van der Waals surface area contributed by atoms with E-state index in [1.807, 2.05) is 31.2 Å². The van der Waals surface area contributed by atoms with Crippen molar-refractivity contribution in [3.05, 3.63) is 34.9 Å². The maximum Gasteiger partial charge on any atom is 0.132 e. The molecule has 14 heavy (non-hydrogen) atoms. The van der Waals surface area contributed by atoms with Gasteiger partial charge in [0.05, 0.1) is 0 Å². The summed E-state index contributed by atoms with van der Waals surface area (Å²) in [7, 11) is 0. The topological polar surface area (TPSA) is 17.1 Å². The van der Waals surface area contributed by atoms with E-state index in [2.05, 4.69) is 0 Å². The van der Waals surface area contributed by atoms with Gasteiger partial charge in [0.25, 0.3) is 0 Å². The van der Waals surface area contributed by atoms with Gasteiger partial charge in [0, 0.05) is 17.9 Å². The predicted molar refractivity (Wildman–Crippen MR) is 59.7 cm³/mol. The third kappa shape index (κ3) is 3.93. The fourth-order valence-corrected chi connectivity index (χ4v) is 1.44. The number of ketones is 1. The van der Waals surface area contributed by atoms with Crippen molar-refractivity contribution in [3.63, 3.8) is 0 Å². The molecule has 0 radical (unpaired) electrons. The molecule has 0 saturated carbocycles. The van der Waals surface area contributed by atoms with Crippen LogP contribution in [0.15, 0.2) is 24.3 Å². The summed E-state index contributed by atoms with van der Waals surface area (Å²) < 4.78 is 0. The van der Waals surface area contributed by atoms with Crippen LogP contribution in [0.4, 0.5) is 0 Å². The van der Waals surface area contributed by atoms with Gasteiger partial charge in [-0.05, 0) is 30.5 Å². The van der Waals surface area contributed by atoms with Gasteiger partial charge < -0.3 is 0 Å². The molecule has 1 aromatic carbocycles. The minimum Gasteiger partial charge on any atom is -0.300 e. The zero-order valence-electron chi connectivity index (χ0n) is 8.42. The van der Waals surface area contributed by atoms with Gasteiger partial charge in [-0.1, -0.05) is 30.7 Å². The molecule has 0 atom stereocenters. The first-order valence-electron chi connectivity index (χ1n) is 4.98. The van der Waals surface area contributed by atoms with Crippen molar-refractivity contribution in [3.8, 4) is 0 Å². The molecule has 0 heterocycles. The Balaban J connectivity index is 2.31. The van der Waals surface area contributed by atoms with E-state index in [4.69, 9.17) is 11.6 Å². The molecule has 0 aliphatic heterocycles. The van der Waals surface area contributed by atoms with Crippen LogP contribution in [0.25, 0.3) is 0 Å². The normalized spacial score (nSPS) is 10.1. The Labute approximate surface area is 90.1 Å². The minimum atomic E-state index is 0.346. The first kappa shape index (κ1) is 11.3. The van der Waals surface area contributed by atoms with Gasteiger partial charge in [0.15, 0.2) is 0 Å². The molecule has 0 N–H and O–H groups in total. The van der Waals surface area contributed by atoms with E-state index in [-0.39, 0.29) is 0 Å². The maximum atomic E-state index is 11.0. The summed E-state index contributed by atoms with van der Waals surface area (Å²) in [6.07, 6.45) is 3.25. The Morgan fingerprint density at radius 3 is 2.50 bits per heavy atom. The summed E-state index contributed by atoms with van der Waals surface area (Å²) in [5, 5.41) is 0.762. The molecule has 1 nitrogen and oxygen atoms in total. The van der Waals surface area contributed by atoms with Gasteiger partial charge >= 0.3 is 0 Å². The second-order valence-corrected chi connectivity index (χ2v) is 3.81. The van der Waals surface area contributed by atoms with Crippen molar-refractivity contribution in [2.75, 3.05) is 0 Å². The van der Waals surface area contributed by atoms with E-state index in [1.54, 1.807) is 0 Å². The molecule has 2 heteroatoms. The predicted octanol–water partition coefficient (Wildman–Crippen LogP) is 3.64. The van der Waals surface area contributed by atoms with Crippen LogP contribution in [0.3, 0.4) is 0 Å². The number of benzene rings is 1. The van der Waals surface area contributed by atoms with Crippen molar-refractivity contribution < 1.29 is 4.79 Å². The van der Waals surface area contributed by atoms with Crippen LogP contribution in [-0.4, -0.2) is 5.78 Å². The SMILES string of the molecule is CCC(=O)CCCc1ccc(Cl)cc1. The van der Waals surface area contributed by atoms with E-state index < -0.39 is 0 Å². The quantitative estimate of drug-likeness (QED) is 0.725. The number of hydrogen-bond acceptors (Lipinski definition) is 1. The molecule has 1 rings (SSSR count). The average molecular weight is 211 g/mol. The van der Waals surface area contributed by atoms with Gasteiger partial charge in [-0.3, -0.25) is 4.79 Å². The van der Waals surface area contributed by atoms with E-state index in [0.29, 0.717) is 18.6 Å². The molecule has 0 aliphatic rings. The number of carbonyl (C=O) groups is 1. The first-order valence-corrected chi connectivity index (χ1v) is 5.36. The highest BCUT2D eigenvalue weighted by molar-refractivity contribution is 6.30. The van der Waals surface area contributed by atoms with Gasteiger partial charge in [-0.2, -0.15) is 0 Å². The first-order chi connectivity index (χ1) is 6.72. The summed E-state index contributed by atoms with van der Waals surface area (Å²) in [4.78, 5) is 11.0. The summed E-state index contributed by atoms with van der Waals surface area (Å²) >= 11 is 5.76. The highest BCUT2D eigenvalue weighted by Gasteiger charge is 1.98. The second kappa shape index (κ2) is 5.82. The van der Waals surface area contributed by atoms with Gasteiger partial charge in [-0.15, -0.1) is 0 Å². The molecule has 0 spiro atoms. The molecule has 0 aromatic heterocycles. The molecule has 0 saturated heterocycles. The molecule has 76 valence electrons. The number of carbonyl (C=O) groups excluding carboxylic acids is 1. The minimum absolute atomic E-state index is 0.346. The Hall–Kier alpha value is -0.820. The van der Waals surface area contributed by atoms with E-state index in [9.17, 15) is 4.79 Å². The van der Waals surface area contributed by atoms with Crippen LogP contribution in [-0.2, 0) is 11.2 Å². The largest absolute Gasteiger partial charge is 0.300 e. The van der Waals surface area contributed by atoms with Crippen LogP contribution < -0.4 is 0 Å². The van der Waals surface area contributed by atoms with Crippen LogP contribution in [0.1, 0.15) is 31.7 Å². The second-order valence-electron chi connectivity index (χ2n) is 3.37. The third-order valence-electron chi connectivity index (χ3n) is 2.23. The van der Waals surface area contributed by atoms with Crippen LogP contribution >= 0.6 is 11.6 Å². The summed E-state index contributed by atoms with van der Waals surface area (Å²) in [5.41, 5.74) is 1.25. The van der Waals surface area contributed by atoms with Crippen molar-refractivity contribution in [2.24, 2.45) is 0 Å². The Bertz CT molecular complexity index is 290. The lowest BCUT2D eigenvalue weighted by molar-refractivity contribution is -0.118. The zero-order valence-corrected chi connectivity index (χ0v) is 9.18. The number of halogens is 1. The lowest BCUT2D eigenvalue weighted by Crippen LogP contribution is -1.96. The van der Waals surface area contributed by atoms with Crippen LogP contribution in [0, 0.1) is 0 Å². The number of aryl methyl sites for hydroxylation is 1. The summed E-state index contributed by atoms with van der Waals surface area (Å²) in [6.45, 7) is 1.91. The van der Waals surface area contributed by atoms with Crippen LogP contribution in [0.5, 0.6) is 0 Å². The van der Waals surface area contributed by atoms with Crippen molar-refractivity contribution >= 4 is 17.4 Å². The van der Waals surface area contributed by atoms with Crippen molar-refractivity contribution in [2.45, 2.75) is 32.6 Å². The third-order valence-corrected chi connectivity index (χ3v) is 2.48. The standard InChI is InChI=1S/C12H15ClO/c1-2-12(14)5-3-4-10-6-8-11(13)9-7-10/h6-9H,2-5H2,1H3. The smallest absolute Gasteiger partial charge is 0.132 e. The highest BCUT2D eigenvalue weighted by Crippen LogP contribution is 2.11. The summed E-state index contributed by atoms with van der Waals surface area (Å²) in [6, 6.07) is 7.80. The van der Waals surface area contributed by atoms with Gasteiger partial charge in [0.1, 0.15) is 5.78 Å². The van der Waals surface area contributed by atoms with Crippen molar-refractivity contribution in [1.82, 2.24) is 0 Å². The van der Waals surface area contributed by atoms with E-state index in [1.165, 1.54) is 5.56 Å². The molecule has 0 amide bonds. The molecule has 0 unspecified atom stereocenters. The molecule has 1 aromatic rings. The van der Waals surface area contributed by atoms with Gasteiger partial charge in [0.2, 0.25) is 0 Å². The molecule has 0 bridgehead atoms. The number of rotatable bonds is 5. The molecular weight excluding hydrogens is 196 g/mol. The maximum absolute atomic E-state index is 11.0. The van der Waals surface area contributed by atoms with E-state index >= 15 is 0 Å². The Morgan fingerprint density at radius 2 is 1.93 bits per heavy atom. The monoisotopic (exact) mass is 210 g/mol. The Morgan fingerprint density at radius 1 is 1.29 bits per heavy atom. The lowest BCUT2D eigenvalue weighted by atomic mass is 10.1. The van der Waals surface area contributed by atoms with Crippen molar-refractivity contribution in [1.29, 1.82) is 0 Å². The average Bonchev–Trinajstić information content (AvgIpc) is 2.21. The van der Waals surface area contributed by atoms with E-state index in [0.717, 1.165) is 17.9 Å². The van der Waals surface area contributed by atoms with Gasteiger partial charge in [-0.25, -0.2) is 0 Å². The molecule has 0 fully saturated rings. The fraction of sp³-hybridized carbons (Fsp3) is 0.417. The highest BCUT2D eigenvalue weighted by atomic mass is 35.5. The number of hydrogen-bond donors (Lipinski definition) is 0. The molecular formula is C12H15ClO. The number of Topliss-reactive ketones (excluding diaryl/α,β-unsaturated/α-hetero) is 1. The Kier molecular flexibility index (Phi) is 4.68. The zero-order chi connectivity index (χ0) is 10.4.